The normalized spacial score (nSPS) is 20.2. The first-order valence-electron chi connectivity index (χ1n) is 13.6. The number of carbonyl (C=O) groups excluding carboxylic acids is 3. The second kappa shape index (κ2) is 17.8. The molecule has 9 nitrogen and oxygen atoms in total. The number of aldehydes is 1. The van der Waals surface area contributed by atoms with Gasteiger partial charge in [-0.3, -0.25) is 9.59 Å². The van der Waals surface area contributed by atoms with Gasteiger partial charge in [-0.05, 0) is 46.0 Å². The average Bonchev–Trinajstić information content (AvgIpc) is 2.79. The van der Waals surface area contributed by atoms with Gasteiger partial charge in [-0.1, -0.05) is 20.8 Å². The van der Waals surface area contributed by atoms with E-state index in [2.05, 4.69) is 36.7 Å². The molecule has 1 aliphatic rings. The zero-order chi connectivity index (χ0) is 28.8. The second-order valence-electron chi connectivity index (χ2n) is 12.1. The van der Waals surface area contributed by atoms with Crippen molar-refractivity contribution in [2.75, 3.05) is 44.5 Å². The summed E-state index contributed by atoms with van der Waals surface area (Å²) in [4.78, 5) is 37.2. The van der Waals surface area contributed by atoms with E-state index in [-0.39, 0.29) is 54.5 Å². The molecule has 0 aromatic carbocycles. The van der Waals surface area contributed by atoms with Crippen molar-refractivity contribution < 1.29 is 29.0 Å². The first kappa shape index (κ1) is 35.2. The minimum Gasteiger partial charge on any atom is -0.394 e. The standard InChI is InChI=1S/C27H51N3O6S2/c1-19(36-18-26(2,3)4)14-24(33)29-21(25(34)28-10-12-35-13-11-31)17-38-23-9-8-22(23)37-16-20(15-32)30-27(5,6)7/h15,19-23,30-31H,8-14,16-18H2,1-7H3,(H,28,34)(H,29,33). The molecule has 1 fully saturated rings. The SMILES string of the molecule is CC(CC(=O)NC(CSC1CCC1SCC(C=O)NC(C)(C)C)C(=O)NCCOCCO)OCC(C)(C)C. The van der Waals surface area contributed by atoms with Crippen LogP contribution >= 0.6 is 23.5 Å². The Balaban J connectivity index is 2.62. The predicted octanol–water partition coefficient (Wildman–Crippen LogP) is 2.39. The Morgan fingerprint density at radius 3 is 2.21 bits per heavy atom. The van der Waals surface area contributed by atoms with Crippen molar-refractivity contribution in [2.24, 2.45) is 5.41 Å². The Morgan fingerprint density at radius 2 is 1.68 bits per heavy atom. The summed E-state index contributed by atoms with van der Waals surface area (Å²) >= 11 is 3.50. The number of aliphatic hydroxyl groups excluding tert-OH is 1. The van der Waals surface area contributed by atoms with Crippen LogP contribution in [-0.4, -0.2) is 102 Å². The molecule has 0 heterocycles. The molecule has 11 heteroatoms. The maximum Gasteiger partial charge on any atom is 0.243 e. The van der Waals surface area contributed by atoms with E-state index in [1.807, 2.05) is 27.7 Å². The molecule has 38 heavy (non-hydrogen) atoms. The maximum absolute atomic E-state index is 12.9. The summed E-state index contributed by atoms with van der Waals surface area (Å²) in [5.74, 6) is 0.709. The van der Waals surface area contributed by atoms with Crippen molar-refractivity contribution in [1.29, 1.82) is 0 Å². The quantitative estimate of drug-likeness (QED) is 0.135. The number of nitrogens with one attached hydrogen (secondary N) is 3. The van der Waals surface area contributed by atoms with E-state index >= 15 is 0 Å². The smallest absolute Gasteiger partial charge is 0.243 e. The predicted molar refractivity (Wildman–Crippen MR) is 157 cm³/mol. The number of hydrogen-bond donors (Lipinski definition) is 4. The van der Waals surface area contributed by atoms with Crippen molar-refractivity contribution >= 4 is 41.6 Å². The Morgan fingerprint density at radius 1 is 1.05 bits per heavy atom. The van der Waals surface area contributed by atoms with Gasteiger partial charge >= 0.3 is 0 Å². The molecule has 1 saturated carbocycles. The van der Waals surface area contributed by atoms with E-state index in [1.165, 1.54) is 0 Å². The fourth-order valence-corrected chi connectivity index (χ4v) is 6.69. The van der Waals surface area contributed by atoms with Crippen LogP contribution in [0.2, 0.25) is 0 Å². The highest BCUT2D eigenvalue weighted by molar-refractivity contribution is 8.04. The van der Waals surface area contributed by atoms with Crippen LogP contribution in [0.1, 0.15) is 67.7 Å². The lowest BCUT2D eigenvalue weighted by atomic mass is 9.98. The van der Waals surface area contributed by atoms with Crippen molar-refractivity contribution in [1.82, 2.24) is 16.0 Å². The first-order valence-corrected chi connectivity index (χ1v) is 15.7. The van der Waals surface area contributed by atoms with Gasteiger partial charge in [0.2, 0.25) is 11.8 Å². The topological polar surface area (TPSA) is 126 Å². The minimum atomic E-state index is -0.670. The highest BCUT2D eigenvalue weighted by Crippen LogP contribution is 2.40. The molecule has 2 amide bonds. The number of aliphatic hydroxyl groups is 1. The van der Waals surface area contributed by atoms with Gasteiger partial charge in [0.1, 0.15) is 12.3 Å². The molecule has 0 aromatic rings. The zero-order valence-corrected chi connectivity index (χ0v) is 26.0. The lowest BCUT2D eigenvalue weighted by Gasteiger charge is -2.37. The molecule has 0 aliphatic heterocycles. The van der Waals surface area contributed by atoms with E-state index < -0.39 is 6.04 Å². The van der Waals surface area contributed by atoms with Crippen molar-refractivity contribution in [3.63, 3.8) is 0 Å². The van der Waals surface area contributed by atoms with Gasteiger partial charge in [0.05, 0.1) is 45.0 Å². The largest absolute Gasteiger partial charge is 0.394 e. The molecule has 1 aliphatic carbocycles. The van der Waals surface area contributed by atoms with Crippen LogP contribution in [0.25, 0.3) is 0 Å². The zero-order valence-electron chi connectivity index (χ0n) is 24.3. The van der Waals surface area contributed by atoms with Crippen LogP contribution in [0.15, 0.2) is 0 Å². The lowest BCUT2D eigenvalue weighted by Crippen LogP contribution is -2.50. The minimum absolute atomic E-state index is 0.00770. The van der Waals surface area contributed by atoms with E-state index in [1.54, 1.807) is 23.5 Å². The third kappa shape index (κ3) is 16.3. The molecule has 1 rings (SSSR count). The van der Waals surface area contributed by atoms with E-state index in [4.69, 9.17) is 14.6 Å². The Hall–Kier alpha value is -0.850. The number of amides is 2. The van der Waals surface area contributed by atoms with Crippen molar-refractivity contribution in [3.8, 4) is 0 Å². The molecule has 5 atom stereocenters. The van der Waals surface area contributed by atoms with Gasteiger partial charge in [-0.15, -0.1) is 0 Å². The molecule has 5 unspecified atom stereocenters. The highest BCUT2D eigenvalue weighted by atomic mass is 32.2. The number of ether oxygens (including phenoxy) is 2. The third-order valence-electron chi connectivity index (χ3n) is 5.61. The Bertz CT molecular complexity index is 714. The summed E-state index contributed by atoms with van der Waals surface area (Å²) in [6.45, 7) is 15.5. The molecule has 0 aromatic heterocycles. The van der Waals surface area contributed by atoms with E-state index in [9.17, 15) is 14.4 Å². The van der Waals surface area contributed by atoms with Crippen molar-refractivity contribution in [2.45, 2.75) is 102 Å². The van der Waals surface area contributed by atoms with Gasteiger partial charge in [0.15, 0.2) is 0 Å². The van der Waals surface area contributed by atoms with Crippen molar-refractivity contribution in [3.05, 3.63) is 0 Å². The van der Waals surface area contributed by atoms with Crippen LogP contribution in [0.5, 0.6) is 0 Å². The molecule has 0 saturated heterocycles. The number of carbonyl (C=O) groups is 3. The Kier molecular flexibility index (Phi) is 16.4. The van der Waals surface area contributed by atoms with Crippen LogP contribution < -0.4 is 16.0 Å². The molecular weight excluding hydrogens is 526 g/mol. The summed E-state index contributed by atoms with van der Waals surface area (Å²) in [7, 11) is 0. The summed E-state index contributed by atoms with van der Waals surface area (Å²) in [6.07, 6.45) is 3.04. The molecule has 0 bridgehead atoms. The van der Waals surface area contributed by atoms with Gasteiger partial charge in [-0.2, -0.15) is 23.5 Å². The fourth-order valence-electron chi connectivity index (χ4n) is 3.62. The third-order valence-corrected chi connectivity index (χ3v) is 8.84. The summed E-state index contributed by atoms with van der Waals surface area (Å²) in [5.41, 5.74) is -0.120. The summed E-state index contributed by atoms with van der Waals surface area (Å²) in [5, 5.41) is 18.7. The van der Waals surface area contributed by atoms with Crippen LogP contribution in [0, 0.1) is 5.41 Å². The molecule has 0 radical (unpaired) electrons. The van der Waals surface area contributed by atoms with Gasteiger partial charge in [0.25, 0.3) is 0 Å². The molecule has 222 valence electrons. The second-order valence-corrected chi connectivity index (χ2v) is 14.6. The summed E-state index contributed by atoms with van der Waals surface area (Å²) in [6, 6.07) is -0.865. The van der Waals surface area contributed by atoms with E-state index in [0.717, 1.165) is 19.1 Å². The van der Waals surface area contributed by atoms with E-state index in [0.29, 0.717) is 41.8 Å². The van der Waals surface area contributed by atoms with Crippen LogP contribution in [0.4, 0.5) is 0 Å². The molecular formula is C27H51N3O6S2. The maximum atomic E-state index is 12.9. The molecule has 4 N–H and O–H groups in total. The Labute approximate surface area is 238 Å². The van der Waals surface area contributed by atoms with Crippen LogP contribution in [-0.2, 0) is 23.9 Å². The van der Waals surface area contributed by atoms with Gasteiger partial charge < -0.3 is 35.3 Å². The number of rotatable bonds is 19. The highest BCUT2D eigenvalue weighted by Gasteiger charge is 2.34. The van der Waals surface area contributed by atoms with Gasteiger partial charge in [0, 0.05) is 34.1 Å². The van der Waals surface area contributed by atoms with Crippen LogP contribution in [0.3, 0.4) is 0 Å². The lowest BCUT2D eigenvalue weighted by molar-refractivity contribution is -0.130. The molecule has 0 spiro atoms. The fraction of sp³-hybridized carbons (Fsp3) is 0.889. The first-order chi connectivity index (χ1) is 17.7. The monoisotopic (exact) mass is 577 g/mol. The number of thioether (sulfide) groups is 2. The van der Waals surface area contributed by atoms with Gasteiger partial charge in [-0.25, -0.2) is 0 Å². The average molecular weight is 578 g/mol. The number of hydrogen-bond acceptors (Lipinski definition) is 9. The summed E-state index contributed by atoms with van der Waals surface area (Å²) < 4.78 is 11.0.